The zero-order valence-corrected chi connectivity index (χ0v) is 13.6. The molecule has 0 aromatic carbocycles. The molecule has 0 nitrogen and oxygen atoms in total. The zero-order valence-electron chi connectivity index (χ0n) is 7.44. The van der Waals surface area contributed by atoms with Crippen LogP contribution in [-0.2, 0) is 16.8 Å². The standard InChI is InChI=1S/2C5H5.3BrH.Co/c2*1-2-4-5-3-1;;;;/h2*1-3H,4H2;3*1H;/q2*-1;;;;+2. The smallest absolute Gasteiger partial charge is 0.273 e. The molecule has 0 saturated carbocycles. The topological polar surface area (TPSA) is 0 Å². The van der Waals surface area contributed by atoms with Crippen molar-refractivity contribution in [2.75, 3.05) is 0 Å². The van der Waals surface area contributed by atoms with E-state index < -0.39 is 0 Å². The summed E-state index contributed by atoms with van der Waals surface area (Å²) in [5.41, 5.74) is 0. The molecule has 0 fully saturated rings. The second kappa shape index (κ2) is 19.5. The van der Waals surface area contributed by atoms with Gasteiger partial charge in [-0.05, 0) is 0 Å². The predicted molar refractivity (Wildman–Crippen MR) is 74.1 cm³/mol. The van der Waals surface area contributed by atoms with E-state index in [2.05, 4.69) is 24.3 Å². The second-order valence-electron chi connectivity index (χ2n) is 2.01. The molecular weight excluding hydrogens is 419 g/mol. The summed E-state index contributed by atoms with van der Waals surface area (Å²) in [5.74, 6) is 0. The first kappa shape index (κ1) is 24.2. The Hall–Kier alpha value is 0.906. The molecule has 1 radical (unpaired) electrons. The Balaban J connectivity index is -0.0000000556. The number of hydrogen-bond donors (Lipinski definition) is 0. The summed E-state index contributed by atoms with van der Waals surface area (Å²) < 4.78 is 0. The molecule has 0 bridgehead atoms. The molecule has 0 N–H and O–H groups in total. The van der Waals surface area contributed by atoms with Crippen molar-refractivity contribution in [3.63, 3.8) is 0 Å². The van der Waals surface area contributed by atoms with Crippen LogP contribution in [0.15, 0.2) is 36.5 Å². The first-order valence-electron chi connectivity index (χ1n) is 3.43. The molecule has 14 heavy (non-hydrogen) atoms. The molecule has 83 valence electrons. The van der Waals surface area contributed by atoms with E-state index >= 15 is 0 Å². The van der Waals surface area contributed by atoms with Crippen LogP contribution >= 0.6 is 50.9 Å². The molecule has 0 saturated heterocycles. The van der Waals surface area contributed by atoms with Crippen LogP contribution < -0.4 is 0 Å². The molecule has 2 aliphatic rings. The minimum Gasteiger partial charge on any atom is -0.273 e. The van der Waals surface area contributed by atoms with Crippen molar-refractivity contribution in [3.8, 4) is 0 Å². The first-order chi connectivity index (χ1) is 5.00. The normalized spacial score (nSPS) is 12.6. The van der Waals surface area contributed by atoms with E-state index in [0.717, 1.165) is 12.8 Å². The largest absolute Gasteiger partial charge is 2.00 e. The first-order valence-corrected chi connectivity index (χ1v) is 3.43. The van der Waals surface area contributed by atoms with Gasteiger partial charge in [0.1, 0.15) is 0 Å². The number of rotatable bonds is 0. The van der Waals surface area contributed by atoms with Crippen molar-refractivity contribution in [1.29, 1.82) is 0 Å². The van der Waals surface area contributed by atoms with Gasteiger partial charge in [-0.1, -0.05) is 0 Å². The molecule has 0 aromatic heterocycles. The molecular formula is C10H13Br3Co. The van der Waals surface area contributed by atoms with Gasteiger partial charge in [-0.2, -0.15) is 12.2 Å². The van der Waals surface area contributed by atoms with Gasteiger partial charge in [-0.25, -0.2) is 24.3 Å². The molecule has 0 spiro atoms. The van der Waals surface area contributed by atoms with Crippen LogP contribution in [0.4, 0.5) is 0 Å². The van der Waals surface area contributed by atoms with Crippen LogP contribution in [0, 0.1) is 12.2 Å². The predicted octanol–water partition coefficient (Wildman–Crippen LogP) is 4.34. The fourth-order valence-electron chi connectivity index (χ4n) is 0.680. The molecule has 2 rings (SSSR count). The second-order valence-corrected chi connectivity index (χ2v) is 2.01. The van der Waals surface area contributed by atoms with Crippen LogP contribution in [0.5, 0.6) is 0 Å². The van der Waals surface area contributed by atoms with Crippen LogP contribution in [0.25, 0.3) is 0 Å². The van der Waals surface area contributed by atoms with Crippen molar-refractivity contribution in [2.45, 2.75) is 12.8 Å². The van der Waals surface area contributed by atoms with Crippen LogP contribution in [0.1, 0.15) is 12.8 Å². The third kappa shape index (κ3) is 15.4. The molecule has 0 aromatic rings. The van der Waals surface area contributed by atoms with Crippen LogP contribution in [-0.4, -0.2) is 0 Å². The van der Waals surface area contributed by atoms with Gasteiger partial charge in [-0.3, -0.25) is 12.2 Å². The molecule has 0 atom stereocenters. The van der Waals surface area contributed by atoms with E-state index in [1.807, 2.05) is 24.3 Å². The summed E-state index contributed by atoms with van der Waals surface area (Å²) in [5, 5.41) is 0. The summed E-state index contributed by atoms with van der Waals surface area (Å²) in [7, 11) is 0. The molecule has 0 amide bonds. The van der Waals surface area contributed by atoms with Crippen molar-refractivity contribution < 1.29 is 16.8 Å². The van der Waals surface area contributed by atoms with Gasteiger partial charge in [-0.15, -0.1) is 63.8 Å². The molecule has 0 aliphatic heterocycles. The Morgan fingerprint density at radius 2 is 1.07 bits per heavy atom. The van der Waals surface area contributed by atoms with Crippen molar-refractivity contribution in [2.24, 2.45) is 0 Å². The van der Waals surface area contributed by atoms with E-state index in [9.17, 15) is 0 Å². The van der Waals surface area contributed by atoms with E-state index in [4.69, 9.17) is 0 Å². The Bertz CT molecular complexity index is 154. The molecule has 2 aliphatic carbocycles. The maximum atomic E-state index is 2.99. The average Bonchev–Trinajstić information content (AvgIpc) is 2.67. The molecule has 0 heterocycles. The maximum Gasteiger partial charge on any atom is 2.00 e. The molecule has 4 heteroatoms. The van der Waals surface area contributed by atoms with Crippen molar-refractivity contribution in [1.82, 2.24) is 0 Å². The fraction of sp³-hybridized carbons (Fsp3) is 0.200. The monoisotopic (exact) mass is 429 g/mol. The minimum atomic E-state index is 0. The van der Waals surface area contributed by atoms with Gasteiger partial charge in [0, 0.05) is 0 Å². The summed E-state index contributed by atoms with van der Waals surface area (Å²) >= 11 is 0. The van der Waals surface area contributed by atoms with E-state index in [0.29, 0.717) is 0 Å². The number of halogens is 3. The van der Waals surface area contributed by atoms with Crippen LogP contribution in [0.3, 0.4) is 0 Å². The van der Waals surface area contributed by atoms with E-state index in [-0.39, 0.29) is 67.7 Å². The Morgan fingerprint density at radius 1 is 0.714 bits per heavy atom. The van der Waals surface area contributed by atoms with Crippen LogP contribution in [0.2, 0.25) is 0 Å². The Labute approximate surface area is 128 Å². The summed E-state index contributed by atoms with van der Waals surface area (Å²) in [6.45, 7) is 0. The fourth-order valence-corrected chi connectivity index (χ4v) is 0.680. The van der Waals surface area contributed by atoms with Gasteiger partial charge >= 0.3 is 16.8 Å². The van der Waals surface area contributed by atoms with Crippen molar-refractivity contribution in [3.05, 3.63) is 48.6 Å². The quantitative estimate of drug-likeness (QED) is 0.500. The number of allylic oxidation sites excluding steroid dienone is 8. The van der Waals surface area contributed by atoms with Gasteiger partial charge in [0.2, 0.25) is 0 Å². The van der Waals surface area contributed by atoms with Gasteiger partial charge < -0.3 is 0 Å². The number of hydrogen-bond acceptors (Lipinski definition) is 0. The molecule has 0 unspecified atom stereocenters. The third-order valence-electron chi connectivity index (χ3n) is 1.17. The Kier molecular flexibility index (Phi) is 33.7. The Morgan fingerprint density at radius 3 is 1.14 bits per heavy atom. The van der Waals surface area contributed by atoms with E-state index in [1.54, 1.807) is 0 Å². The summed E-state index contributed by atoms with van der Waals surface area (Å²) in [6, 6.07) is 0. The zero-order chi connectivity index (χ0) is 7.07. The average molecular weight is 432 g/mol. The third-order valence-corrected chi connectivity index (χ3v) is 1.17. The van der Waals surface area contributed by atoms with E-state index in [1.165, 1.54) is 0 Å². The summed E-state index contributed by atoms with van der Waals surface area (Å²) in [4.78, 5) is 0. The van der Waals surface area contributed by atoms with Gasteiger partial charge in [0.25, 0.3) is 0 Å². The van der Waals surface area contributed by atoms with Gasteiger partial charge in [0.05, 0.1) is 0 Å². The summed E-state index contributed by atoms with van der Waals surface area (Å²) in [6.07, 6.45) is 20.0. The maximum absolute atomic E-state index is 2.99. The minimum absolute atomic E-state index is 0. The SMILES string of the molecule is Br.Br.Br.[C-]1=CC=CC1.[C-]1=CC=CC1.[Co+2]. The van der Waals surface area contributed by atoms with Gasteiger partial charge in [0.15, 0.2) is 0 Å². The van der Waals surface area contributed by atoms with Crippen molar-refractivity contribution >= 4 is 50.9 Å².